The first-order chi connectivity index (χ1) is 28.2. The van der Waals surface area contributed by atoms with Gasteiger partial charge in [0.05, 0.1) is 39.0 Å². The number of nitrogens with one attached hydrogen (secondary N) is 2. The number of carbonyl (C=O) groups excluding carboxylic acids is 4. The number of rotatable bonds is 20. The van der Waals surface area contributed by atoms with Crippen molar-refractivity contribution in [1.29, 1.82) is 0 Å². The number of likely N-dealkylation sites (tertiary alicyclic amines) is 2. The molecular formula is C43H62F2N4O10. The molecule has 4 amide bonds. The summed E-state index contributed by atoms with van der Waals surface area (Å²) in [5.41, 5.74) is 1.52. The van der Waals surface area contributed by atoms with Crippen molar-refractivity contribution in [2.24, 2.45) is 0 Å². The van der Waals surface area contributed by atoms with Crippen molar-refractivity contribution in [2.75, 3.05) is 79.0 Å². The number of hydrogen-bond donors (Lipinski definition) is 2. The highest BCUT2D eigenvalue weighted by molar-refractivity contribution is 5.93. The molecule has 1 aromatic rings. The number of carbonyl (C=O) groups is 4. The number of halogens is 2. The van der Waals surface area contributed by atoms with Crippen molar-refractivity contribution >= 4 is 24.0 Å². The lowest BCUT2D eigenvalue weighted by atomic mass is 10.0. The van der Waals surface area contributed by atoms with E-state index in [9.17, 15) is 28.0 Å². The third kappa shape index (κ3) is 21.8. The van der Waals surface area contributed by atoms with Gasteiger partial charge in [0.25, 0.3) is 5.91 Å². The minimum absolute atomic E-state index is 0.102. The molecule has 328 valence electrons. The lowest BCUT2D eigenvalue weighted by molar-refractivity contribution is -0.125. The highest BCUT2D eigenvalue weighted by Gasteiger charge is 2.28. The molecule has 2 saturated heterocycles. The van der Waals surface area contributed by atoms with Gasteiger partial charge in [0.15, 0.2) is 0 Å². The van der Waals surface area contributed by atoms with Crippen LogP contribution in [0.15, 0.2) is 67.2 Å². The molecule has 0 radical (unpaired) electrons. The molecule has 1 aromatic carbocycles. The van der Waals surface area contributed by atoms with E-state index in [1.165, 1.54) is 18.2 Å². The van der Waals surface area contributed by atoms with Gasteiger partial charge in [-0.3, -0.25) is 9.59 Å². The Bertz CT molecular complexity index is 1620. The molecule has 0 saturated carbocycles. The van der Waals surface area contributed by atoms with Crippen molar-refractivity contribution in [3.63, 3.8) is 0 Å². The number of alkyl carbamates (subject to hydrolysis) is 2. The average molecular weight is 833 g/mol. The molecule has 2 heterocycles. The van der Waals surface area contributed by atoms with E-state index in [-0.39, 0.29) is 81.9 Å². The maximum atomic E-state index is 13.4. The number of ether oxygens (including phenoxy) is 6. The third-order valence-corrected chi connectivity index (χ3v) is 8.19. The summed E-state index contributed by atoms with van der Waals surface area (Å²) in [6.45, 7) is 25.4. The lowest BCUT2D eigenvalue weighted by Gasteiger charge is -2.15. The van der Waals surface area contributed by atoms with Gasteiger partial charge >= 0.3 is 12.2 Å². The zero-order valence-electron chi connectivity index (χ0n) is 35.4. The summed E-state index contributed by atoms with van der Waals surface area (Å²) in [4.78, 5) is 49.9. The fourth-order valence-electron chi connectivity index (χ4n) is 5.39. The van der Waals surface area contributed by atoms with E-state index >= 15 is 0 Å². The third-order valence-electron chi connectivity index (χ3n) is 8.19. The number of hydrogen-bond acceptors (Lipinski definition) is 10. The second kappa shape index (κ2) is 29.8. The Morgan fingerprint density at radius 2 is 1.59 bits per heavy atom. The second-order valence-corrected chi connectivity index (χ2v) is 13.1. The minimum atomic E-state index is -0.616. The van der Waals surface area contributed by atoms with Crippen molar-refractivity contribution < 1.29 is 56.4 Å². The molecule has 14 nitrogen and oxygen atoms in total. The maximum Gasteiger partial charge on any atom is 0.407 e. The SMILES string of the molecule is C=C(F)/C=C(/OCCOCCNC(=O)OC1CCN(C(=O)C#CC)C1)C(=C)C.C=CC(=O)N1CCC(NC(=O)OCCOCCOc2cc(F)ccc2C(C)C)C1.CC. The summed E-state index contributed by atoms with van der Waals surface area (Å²) in [7, 11) is 0. The van der Waals surface area contributed by atoms with Crippen LogP contribution in [0.3, 0.4) is 0 Å². The van der Waals surface area contributed by atoms with Crippen LogP contribution in [0.5, 0.6) is 5.75 Å². The first-order valence-electron chi connectivity index (χ1n) is 19.7. The lowest BCUT2D eigenvalue weighted by Crippen LogP contribution is -2.38. The number of amides is 4. The fourth-order valence-corrected chi connectivity index (χ4v) is 5.39. The molecule has 0 spiro atoms. The molecule has 2 aliphatic rings. The monoisotopic (exact) mass is 832 g/mol. The highest BCUT2D eigenvalue weighted by Crippen LogP contribution is 2.27. The summed E-state index contributed by atoms with van der Waals surface area (Å²) in [5.74, 6) is 4.71. The summed E-state index contributed by atoms with van der Waals surface area (Å²) < 4.78 is 58.2. The Morgan fingerprint density at radius 1 is 0.932 bits per heavy atom. The molecule has 16 heteroatoms. The quantitative estimate of drug-likeness (QED) is 0.0511. The predicted octanol–water partition coefficient (Wildman–Crippen LogP) is 6.20. The van der Waals surface area contributed by atoms with Gasteiger partial charge in [0, 0.05) is 44.7 Å². The van der Waals surface area contributed by atoms with E-state index in [0.717, 1.165) is 11.6 Å². The molecule has 0 aromatic heterocycles. The second-order valence-electron chi connectivity index (χ2n) is 13.1. The van der Waals surface area contributed by atoms with Crippen LogP contribution >= 0.6 is 0 Å². The van der Waals surface area contributed by atoms with Crippen molar-refractivity contribution in [3.8, 4) is 17.6 Å². The van der Waals surface area contributed by atoms with Gasteiger partial charge in [-0.1, -0.05) is 59.4 Å². The van der Waals surface area contributed by atoms with E-state index in [0.29, 0.717) is 62.7 Å². The van der Waals surface area contributed by atoms with Gasteiger partial charge in [-0.15, -0.1) is 0 Å². The zero-order chi connectivity index (χ0) is 44.2. The van der Waals surface area contributed by atoms with E-state index in [1.807, 2.05) is 27.7 Å². The smallest absolute Gasteiger partial charge is 0.407 e. The Morgan fingerprint density at radius 3 is 2.24 bits per heavy atom. The molecule has 0 bridgehead atoms. The van der Waals surface area contributed by atoms with Crippen LogP contribution in [0.1, 0.15) is 65.9 Å². The van der Waals surface area contributed by atoms with Crippen LogP contribution in [0.2, 0.25) is 0 Å². The topological polar surface area (TPSA) is 154 Å². The van der Waals surface area contributed by atoms with Crippen molar-refractivity contribution in [3.05, 3.63) is 78.6 Å². The molecular weight excluding hydrogens is 770 g/mol. The predicted molar refractivity (Wildman–Crippen MR) is 221 cm³/mol. The molecule has 3 rings (SSSR count). The molecule has 2 aliphatic heterocycles. The van der Waals surface area contributed by atoms with Gasteiger partial charge in [-0.2, -0.15) is 0 Å². The van der Waals surface area contributed by atoms with Gasteiger partial charge in [0.1, 0.15) is 49.1 Å². The van der Waals surface area contributed by atoms with Gasteiger partial charge in [0.2, 0.25) is 5.91 Å². The van der Waals surface area contributed by atoms with E-state index < -0.39 is 18.0 Å². The highest BCUT2D eigenvalue weighted by atomic mass is 19.1. The fraction of sp³-hybridized carbons (Fsp3) is 0.535. The largest absolute Gasteiger partial charge is 0.491 e. The minimum Gasteiger partial charge on any atom is -0.491 e. The molecule has 2 atom stereocenters. The number of benzene rings is 1. The van der Waals surface area contributed by atoms with Gasteiger partial charge in [-0.25, -0.2) is 18.4 Å². The normalized spacial score (nSPS) is 15.6. The van der Waals surface area contributed by atoms with Gasteiger partial charge in [-0.05, 0) is 55.4 Å². The molecule has 2 N–H and O–H groups in total. The number of nitrogens with zero attached hydrogens (tertiary/aromatic N) is 2. The Balaban J connectivity index is 0.000000567. The summed E-state index contributed by atoms with van der Waals surface area (Å²) in [5, 5.41) is 5.31. The van der Waals surface area contributed by atoms with Crippen LogP contribution in [-0.2, 0) is 33.3 Å². The standard InChI is InChI=1S/C21H29FN2O5.C20H27FN2O5.C2H6/c1-4-20(25)24-8-7-17(14-24)23-21(26)29-12-10-27-9-11-28-19-13-16(22)5-6-18(19)15(2)3;1-5-6-19(24)23-9-7-17(14-23)28-20(25)22-8-10-26-11-12-27-18(15(2)3)13-16(4)21;1-2/h4-6,13,15,17H,1,7-12,14H2,2-3H3,(H,23,26);13,17H,2,4,7-12,14H2,1,3H3,(H,22,25);1-2H3/b;18-13+;. The van der Waals surface area contributed by atoms with E-state index in [4.69, 9.17) is 28.4 Å². The van der Waals surface area contributed by atoms with E-state index in [2.05, 4.69) is 42.2 Å². The van der Waals surface area contributed by atoms with E-state index in [1.54, 1.807) is 29.7 Å². The van der Waals surface area contributed by atoms with Crippen LogP contribution < -0.4 is 15.4 Å². The Hall–Kier alpha value is -5.40. The zero-order valence-corrected chi connectivity index (χ0v) is 35.4. The first-order valence-corrected chi connectivity index (χ1v) is 19.7. The summed E-state index contributed by atoms with van der Waals surface area (Å²) >= 11 is 0. The first kappa shape index (κ1) is 51.6. The Kier molecular flexibility index (Phi) is 26.0. The summed E-state index contributed by atoms with van der Waals surface area (Å²) in [6, 6.07) is 4.39. The van der Waals surface area contributed by atoms with Crippen LogP contribution in [0.25, 0.3) is 0 Å². The van der Waals surface area contributed by atoms with Crippen LogP contribution in [0, 0.1) is 17.7 Å². The maximum absolute atomic E-state index is 13.4. The Labute approximate surface area is 347 Å². The molecule has 2 fully saturated rings. The average Bonchev–Trinajstić information content (AvgIpc) is 3.87. The molecule has 2 unspecified atom stereocenters. The van der Waals surface area contributed by atoms with Crippen LogP contribution in [-0.4, -0.2) is 125 Å². The molecule has 0 aliphatic carbocycles. The summed E-state index contributed by atoms with van der Waals surface area (Å²) in [6.07, 6.45) is 2.25. The molecule has 59 heavy (non-hydrogen) atoms. The van der Waals surface area contributed by atoms with Crippen molar-refractivity contribution in [2.45, 2.75) is 72.4 Å². The van der Waals surface area contributed by atoms with Crippen LogP contribution in [0.4, 0.5) is 18.4 Å². The van der Waals surface area contributed by atoms with Gasteiger partial charge < -0.3 is 48.9 Å². The van der Waals surface area contributed by atoms with Crippen molar-refractivity contribution in [1.82, 2.24) is 20.4 Å². The number of allylic oxidation sites excluding steroid dienone is 3.